The molecule has 0 saturated carbocycles. The van der Waals surface area contributed by atoms with Crippen LogP contribution in [0.4, 0.5) is 0 Å². The Morgan fingerprint density at radius 3 is 2.42 bits per heavy atom. The lowest BCUT2D eigenvalue weighted by Gasteiger charge is -2.15. The van der Waals surface area contributed by atoms with E-state index in [2.05, 4.69) is 0 Å². The van der Waals surface area contributed by atoms with Gasteiger partial charge in [0.1, 0.15) is 0 Å². The second-order valence-corrected chi connectivity index (χ2v) is 2.19. The Bertz CT molecular complexity index is 87.1. The van der Waals surface area contributed by atoms with E-state index in [1.165, 1.54) is 0 Å². The normalized spacial score (nSPS) is 13.2. The summed E-state index contributed by atoms with van der Waals surface area (Å²) in [6.07, 6.45) is -0.278. The van der Waals surface area contributed by atoms with Gasteiger partial charge in [0.2, 0.25) is 0 Å². The molecule has 0 saturated heterocycles. The van der Waals surface area contributed by atoms with E-state index in [0.29, 0.717) is 26.4 Å². The van der Waals surface area contributed by atoms with Crippen molar-refractivity contribution in [2.75, 3.05) is 40.6 Å². The maximum Gasteiger partial charge on any atom is 0.180 e. The zero-order valence-electron chi connectivity index (χ0n) is 8.04. The van der Waals surface area contributed by atoms with Crippen molar-refractivity contribution in [2.24, 2.45) is 0 Å². The fourth-order valence-electron chi connectivity index (χ4n) is 0.661. The maximum absolute atomic E-state index is 5.26. The molecule has 0 spiro atoms. The second kappa shape index (κ2) is 8.93. The largest absolute Gasteiger partial charge is 0.382 e. The molecule has 0 fully saturated rings. The lowest BCUT2D eigenvalue weighted by molar-refractivity contribution is -0.161. The van der Waals surface area contributed by atoms with E-state index in [4.69, 9.17) is 18.9 Å². The third-order valence-electron chi connectivity index (χ3n) is 1.31. The molecule has 0 aliphatic rings. The Kier molecular flexibility index (Phi) is 8.81. The Morgan fingerprint density at radius 1 is 1.17 bits per heavy atom. The first-order chi connectivity index (χ1) is 5.85. The van der Waals surface area contributed by atoms with Gasteiger partial charge in [-0.25, -0.2) is 0 Å². The number of methoxy groups -OCH3 is 2. The van der Waals surface area contributed by atoms with Gasteiger partial charge in [-0.05, 0) is 6.92 Å². The lowest BCUT2D eigenvalue weighted by atomic mass is 10.6. The Balaban J connectivity index is 3.26. The predicted octanol–water partition coefficient (Wildman–Crippen LogP) is 0.658. The molecular weight excluding hydrogens is 160 g/mol. The maximum atomic E-state index is 5.26. The first kappa shape index (κ1) is 11.8. The molecular formula is C8H18O4. The highest BCUT2D eigenvalue weighted by Crippen LogP contribution is 1.93. The number of hydrogen-bond donors (Lipinski definition) is 0. The van der Waals surface area contributed by atoms with Crippen LogP contribution in [0.3, 0.4) is 0 Å². The van der Waals surface area contributed by atoms with Crippen molar-refractivity contribution in [1.82, 2.24) is 0 Å². The van der Waals surface area contributed by atoms with Crippen molar-refractivity contribution in [3.63, 3.8) is 0 Å². The molecule has 1 unspecified atom stereocenters. The van der Waals surface area contributed by atoms with Crippen molar-refractivity contribution < 1.29 is 18.9 Å². The Morgan fingerprint density at radius 2 is 1.92 bits per heavy atom. The zero-order chi connectivity index (χ0) is 9.23. The Hall–Kier alpha value is -0.160. The van der Waals surface area contributed by atoms with Crippen LogP contribution in [0, 0.1) is 0 Å². The molecule has 0 aromatic carbocycles. The van der Waals surface area contributed by atoms with E-state index in [1.807, 2.05) is 6.92 Å². The molecule has 12 heavy (non-hydrogen) atoms. The zero-order valence-corrected chi connectivity index (χ0v) is 8.04. The average Bonchev–Trinajstić information content (AvgIpc) is 2.11. The molecule has 0 aliphatic carbocycles. The molecule has 0 aliphatic heterocycles. The van der Waals surface area contributed by atoms with Gasteiger partial charge in [-0.3, -0.25) is 0 Å². The quantitative estimate of drug-likeness (QED) is 0.404. The highest BCUT2D eigenvalue weighted by molar-refractivity contribution is 4.40. The second-order valence-electron chi connectivity index (χ2n) is 2.19. The summed E-state index contributed by atoms with van der Waals surface area (Å²) in [5.74, 6) is 0. The van der Waals surface area contributed by atoms with Crippen molar-refractivity contribution >= 4 is 0 Å². The molecule has 0 radical (unpaired) electrons. The van der Waals surface area contributed by atoms with E-state index in [9.17, 15) is 0 Å². The molecule has 0 aromatic rings. The van der Waals surface area contributed by atoms with E-state index in [1.54, 1.807) is 14.2 Å². The van der Waals surface area contributed by atoms with Crippen LogP contribution in [0.5, 0.6) is 0 Å². The van der Waals surface area contributed by atoms with E-state index < -0.39 is 0 Å². The Labute approximate surface area is 73.7 Å². The van der Waals surface area contributed by atoms with Gasteiger partial charge in [0.25, 0.3) is 0 Å². The van der Waals surface area contributed by atoms with Gasteiger partial charge in [-0.2, -0.15) is 0 Å². The SMILES string of the molecule is CCOCC(OC)OCCOC. The predicted molar refractivity (Wildman–Crippen MR) is 45.1 cm³/mol. The van der Waals surface area contributed by atoms with Gasteiger partial charge >= 0.3 is 0 Å². The van der Waals surface area contributed by atoms with Crippen LogP contribution in [0.15, 0.2) is 0 Å². The summed E-state index contributed by atoms with van der Waals surface area (Å²) in [6.45, 7) is 4.18. The van der Waals surface area contributed by atoms with Gasteiger partial charge < -0.3 is 18.9 Å². The summed E-state index contributed by atoms with van der Waals surface area (Å²) in [6, 6.07) is 0. The van der Waals surface area contributed by atoms with Crippen LogP contribution in [0.2, 0.25) is 0 Å². The lowest BCUT2D eigenvalue weighted by Crippen LogP contribution is -2.23. The molecule has 0 aromatic heterocycles. The molecule has 4 nitrogen and oxygen atoms in total. The number of hydrogen-bond acceptors (Lipinski definition) is 4. The molecule has 0 rings (SSSR count). The van der Waals surface area contributed by atoms with Crippen LogP contribution >= 0.6 is 0 Å². The van der Waals surface area contributed by atoms with E-state index >= 15 is 0 Å². The van der Waals surface area contributed by atoms with Crippen molar-refractivity contribution in [1.29, 1.82) is 0 Å². The smallest absolute Gasteiger partial charge is 0.180 e. The summed E-state index contributed by atoms with van der Waals surface area (Å²) in [5.41, 5.74) is 0. The first-order valence-corrected chi connectivity index (χ1v) is 4.06. The minimum Gasteiger partial charge on any atom is -0.382 e. The molecule has 1 atom stereocenters. The minimum absolute atomic E-state index is 0.278. The van der Waals surface area contributed by atoms with Crippen LogP contribution in [-0.4, -0.2) is 46.9 Å². The monoisotopic (exact) mass is 178 g/mol. The molecule has 0 amide bonds. The van der Waals surface area contributed by atoms with Crippen molar-refractivity contribution in [2.45, 2.75) is 13.2 Å². The third-order valence-corrected chi connectivity index (χ3v) is 1.31. The van der Waals surface area contributed by atoms with Gasteiger partial charge in [0, 0.05) is 20.8 Å². The van der Waals surface area contributed by atoms with Crippen molar-refractivity contribution in [3.05, 3.63) is 0 Å². The van der Waals surface area contributed by atoms with Gasteiger partial charge in [0.05, 0.1) is 19.8 Å². The van der Waals surface area contributed by atoms with E-state index in [-0.39, 0.29) is 6.29 Å². The molecule has 4 heteroatoms. The minimum atomic E-state index is -0.278. The molecule has 0 N–H and O–H groups in total. The fourth-order valence-corrected chi connectivity index (χ4v) is 0.661. The molecule has 0 heterocycles. The van der Waals surface area contributed by atoms with Crippen molar-refractivity contribution in [3.8, 4) is 0 Å². The van der Waals surface area contributed by atoms with Crippen LogP contribution < -0.4 is 0 Å². The number of rotatable bonds is 8. The average molecular weight is 178 g/mol. The highest BCUT2D eigenvalue weighted by Gasteiger charge is 2.05. The van der Waals surface area contributed by atoms with E-state index in [0.717, 1.165) is 0 Å². The first-order valence-electron chi connectivity index (χ1n) is 4.06. The van der Waals surface area contributed by atoms with Gasteiger partial charge in [0.15, 0.2) is 6.29 Å². The topological polar surface area (TPSA) is 36.9 Å². The summed E-state index contributed by atoms with van der Waals surface area (Å²) in [7, 11) is 3.23. The van der Waals surface area contributed by atoms with Gasteiger partial charge in [-0.15, -0.1) is 0 Å². The van der Waals surface area contributed by atoms with Crippen LogP contribution in [-0.2, 0) is 18.9 Å². The molecule has 74 valence electrons. The van der Waals surface area contributed by atoms with Gasteiger partial charge in [-0.1, -0.05) is 0 Å². The summed E-state index contributed by atoms with van der Waals surface area (Å²) in [5, 5.41) is 0. The van der Waals surface area contributed by atoms with Crippen LogP contribution in [0.25, 0.3) is 0 Å². The highest BCUT2D eigenvalue weighted by atomic mass is 16.7. The number of ether oxygens (including phenoxy) is 4. The summed E-state index contributed by atoms with van der Waals surface area (Å²) in [4.78, 5) is 0. The third kappa shape index (κ3) is 6.54. The van der Waals surface area contributed by atoms with Crippen LogP contribution in [0.1, 0.15) is 6.92 Å². The standard InChI is InChI=1S/C8H18O4/c1-4-11-7-8(10-3)12-6-5-9-2/h8H,4-7H2,1-3H3. The molecule has 0 bridgehead atoms. The summed E-state index contributed by atoms with van der Waals surface area (Å²) >= 11 is 0. The fraction of sp³-hybridized carbons (Fsp3) is 1.00. The summed E-state index contributed by atoms with van der Waals surface area (Å²) < 4.78 is 20.2.